The topological polar surface area (TPSA) is 222 Å². The molecule has 13 nitrogen and oxygen atoms in total. The number of carboxylic acids is 2. The fourth-order valence-electron chi connectivity index (χ4n) is 3.54. The number of primary amides is 1. The number of nitrogens with one attached hydrogen (secondary N) is 2. The van der Waals surface area contributed by atoms with Crippen LogP contribution in [0.3, 0.4) is 0 Å². The van der Waals surface area contributed by atoms with Crippen LogP contribution in [0.2, 0.25) is 0 Å². The fraction of sp³-hybridized carbons (Fsp3) is 0.700. The Balaban J connectivity index is 2.97. The second-order valence-electron chi connectivity index (χ2n) is 8.49. The number of carbonyl (C=O) groups is 6. The van der Waals surface area contributed by atoms with Crippen molar-refractivity contribution in [3.8, 4) is 0 Å². The number of nitrogens with zero attached hydrogens (tertiary/aromatic N) is 1. The van der Waals surface area contributed by atoms with Gasteiger partial charge in [0.2, 0.25) is 23.6 Å². The van der Waals surface area contributed by atoms with Crippen LogP contribution in [-0.2, 0) is 28.8 Å². The molecule has 1 aliphatic rings. The highest BCUT2D eigenvalue weighted by molar-refractivity contribution is 5.95. The van der Waals surface area contributed by atoms with E-state index in [0.29, 0.717) is 12.8 Å². The number of rotatable bonds is 13. The molecule has 4 unspecified atom stereocenters. The lowest BCUT2D eigenvalue weighted by Gasteiger charge is -2.29. The summed E-state index contributed by atoms with van der Waals surface area (Å²) in [6.07, 6.45) is -0.0574. The predicted octanol–water partition coefficient (Wildman–Crippen LogP) is -1.85. The van der Waals surface area contributed by atoms with E-state index in [1.807, 2.05) is 0 Å². The van der Waals surface area contributed by atoms with Crippen LogP contribution in [0.4, 0.5) is 0 Å². The normalized spacial score (nSPS) is 18.3. The molecule has 0 aromatic heterocycles. The van der Waals surface area contributed by atoms with E-state index >= 15 is 0 Å². The highest BCUT2D eigenvalue weighted by atomic mass is 16.4. The van der Waals surface area contributed by atoms with Crippen LogP contribution in [0.15, 0.2) is 0 Å². The first kappa shape index (κ1) is 27.8. The molecule has 4 amide bonds. The van der Waals surface area contributed by atoms with Gasteiger partial charge in [-0.25, -0.2) is 4.79 Å². The van der Waals surface area contributed by atoms with Crippen LogP contribution in [0, 0.1) is 5.92 Å². The molecular formula is C20H33N5O8. The Kier molecular flexibility index (Phi) is 10.7. The number of carboxylic acid groups (broad SMARTS) is 2. The molecule has 1 saturated heterocycles. The van der Waals surface area contributed by atoms with Gasteiger partial charge in [-0.2, -0.15) is 0 Å². The van der Waals surface area contributed by atoms with E-state index in [1.54, 1.807) is 13.8 Å². The molecule has 1 fully saturated rings. The molecule has 1 rings (SSSR count). The van der Waals surface area contributed by atoms with Crippen LogP contribution in [-0.4, -0.2) is 81.4 Å². The Hall–Kier alpha value is -3.22. The number of amides is 4. The van der Waals surface area contributed by atoms with Gasteiger partial charge in [-0.3, -0.25) is 24.0 Å². The second-order valence-corrected chi connectivity index (χ2v) is 8.49. The summed E-state index contributed by atoms with van der Waals surface area (Å²) in [7, 11) is 0. The Morgan fingerprint density at radius 3 is 2.15 bits per heavy atom. The zero-order valence-electron chi connectivity index (χ0n) is 18.8. The molecule has 186 valence electrons. The van der Waals surface area contributed by atoms with Crippen LogP contribution in [0.25, 0.3) is 0 Å². The lowest BCUT2D eigenvalue weighted by Crippen LogP contribution is -2.57. The molecule has 4 atom stereocenters. The van der Waals surface area contributed by atoms with Crippen molar-refractivity contribution < 1.29 is 39.0 Å². The Morgan fingerprint density at radius 2 is 1.64 bits per heavy atom. The standard InChI is InChI=1S/C20H33N5O8/c1-10(2)8-13(19(31)25-7-3-4-14(25)20(32)33)24-18(30)12(9-16(27)28)23-17(29)11(21)5-6-15(22)26/h10-14H,3-9,21H2,1-2H3,(H2,22,26)(H,23,29)(H,24,30)(H,27,28)(H,32,33). The number of aliphatic carboxylic acids is 2. The SMILES string of the molecule is CC(C)CC(NC(=O)C(CC(=O)O)NC(=O)C(N)CCC(N)=O)C(=O)N1CCCC1C(=O)O. The summed E-state index contributed by atoms with van der Waals surface area (Å²) < 4.78 is 0. The Morgan fingerprint density at radius 1 is 1.03 bits per heavy atom. The lowest BCUT2D eigenvalue weighted by atomic mass is 10.0. The molecule has 0 aromatic rings. The van der Waals surface area contributed by atoms with E-state index in [9.17, 15) is 33.9 Å². The maximum Gasteiger partial charge on any atom is 0.326 e. The summed E-state index contributed by atoms with van der Waals surface area (Å²) in [6.45, 7) is 3.84. The molecule has 0 aromatic carbocycles. The molecule has 1 aliphatic heterocycles. The van der Waals surface area contributed by atoms with Crippen molar-refractivity contribution in [3.05, 3.63) is 0 Å². The highest BCUT2D eigenvalue weighted by Gasteiger charge is 2.38. The van der Waals surface area contributed by atoms with Crippen LogP contribution < -0.4 is 22.1 Å². The summed E-state index contributed by atoms with van der Waals surface area (Å²) in [5.74, 6) is -5.60. The Bertz CT molecular complexity index is 772. The van der Waals surface area contributed by atoms with Crippen molar-refractivity contribution >= 4 is 35.6 Å². The van der Waals surface area contributed by atoms with Gasteiger partial charge >= 0.3 is 11.9 Å². The number of likely N-dealkylation sites (tertiary alicyclic amines) is 1. The lowest BCUT2D eigenvalue weighted by molar-refractivity contribution is -0.150. The summed E-state index contributed by atoms with van der Waals surface area (Å²) in [6, 6.07) is -4.84. The molecule has 0 spiro atoms. The van der Waals surface area contributed by atoms with Crippen molar-refractivity contribution in [1.82, 2.24) is 15.5 Å². The first-order chi connectivity index (χ1) is 15.3. The maximum absolute atomic E-state index is 13.0. The molecule has 33 heavy (non-hydrogen) atoms. The Labute approximate surface area is 191 Å². The first-order valence-electron chi connectivity index (χ1n) is 10.7. The van der Waals surface area contributed by atoms with E-state index < -0.39 is 66.2 Å². The van der Waals surface area contributed by atoms with Crippen LogP contribution in [0.1, 0.15) is 52.4 Å². The van der Waals surface area contributed by atoms with Crippen LogP contribution in [0.5, 0.6) is 0 Å². The van der Waals surface area contributed by atoms with Crippen molar-refractivity contribution in [2.75, 3.05) is 6.54 Å². The first-order valence-corrected chi connectivity index (χ1v) is 10.7. The molecule has 0 aliphatic carbocycles. The smallest absolute Gasteiger partial charge is 0.326 e. The van der Waals surface area contributed by atoms with Gasteiger partial charge in [0.1, 0.15) is 18.1 Å². The van der Waals surface area contributed by atoms with Crippen molar-refractivity contribution in [3.63, 3.8) is 0 Å². The third-order valence-corrected chi connectivity index (χ3v) is 5.19. The largest absolute Gasteiger partial charge is 0.481 e. The van der Waals surface area contributed by atoms with E-state index in [4.69, 9.17) is 16.6 Å². The zero-order chi connectivity index (χ0) is 25.3. The van der Waals surface area contributed by atoms with Crippen LogP contribution >= 0.6 is 0 Å². The third kappa shape index (κ3) is 9.04. The van der Waals surface area contributed by atoms with Gasteiger partial charge in [-0.1, -0.05) is 13.8 Å². The van der Waals surface area contributed by atoms with Crippen molar-refractivity contribution in [2.45, 2.75) is 76.5 Å². The van der Waals surface area contributed by atoms with Gasteiger partial charge < -0.3 is 37.2 Å². The highest BCUT2D eigenvalue weighted by Crippen LogP contribution is 2.20. The fourth-order valence-corrected chi connectivity index (χ4v) is 3.54. The molecule has 0 bridgehead atoms. The molecule has 0 saturated carbocycles. The van der Waals surface area contributed by atoms with Gasteiger partial charge in [0.05, 0.1) is 12.5 Å². The van der Waals surface area contributed by atoms with Gasteiger partial charge in [0.15, 0.2) is 0 Å². The average molecular weight is 472 g/mol. The molecular weight excluding hydrogens is 438 g/mol. The molecule has 8 N–H and O–H groups in total. The zero-order valence-corrected chi connectivity index (χ0v) is 18.8. The average Bonchev–Trinajstić information content (AvgIpc) is 3.19. The third-order valence-electron chi connectivity index (χ3n) is 5.19. The number of hydrogen-bond acceptors (Lipinski definition) is 7. The maximum atomic E-state index is 13.0. The molecule has 13 heteroatoms. The van der Waals surface area contributed by atoms with Gasteiger partial charge in [0.25, 0.3) is 0 Å². The monoisotopic (exact) mass is 471 g/mol. The van der Waals surface area contributed by atoms with E-state index in [-0.39, 0.29) is 31.7 Å². The summed E-state index contributed by atoms with van der Waals surface area (Å²) >= 11 is 0. The number of nitrogens with two attached hydrogens (primary N) is 2. The summed E-state index contributed by atoms with van der Waals surface area (Å²) in [4.78, 5) is 72.9. The number of carbonyl (C=O) groups excluding carboxylic acids is 4. The molecule has 1 heterocycles. The quantitative estimate of drug-likeness (QED) is 0.177. The minimum absolute atomic E-state index is 0.0557. The van der Waals surface area contributed by atoms with Crippen molar-refractivity contribution in [2.24, 2.45) is 17.4 Å². The summed E-state index contributed by atoms with van der Waals surface area (Å²) in [5, 5.41) is 23.2. The summed E-state index contributed by atoms with van der Waals surface area (Å²) in [5.41, 5.74) is 10.7. The number of hydrogen-bond donors (Lipinski definition) is 6. The van der Waals surface area contributed by atoms with E-state index in [1.165, 1.54) is 4.90 Å². The minimum atomic E-state index is -1.54. The minimum Gasteiger partial charge on any atom is -0.481 e. The predicted molar refractivity (Wildman–Crippen MR) is 114 cm³/mol. The van der Waals surface area contributed by atoms with Gasteiger partial charge in [0, 0.05) is 13.0 Å². The van der Waals surface area contributed by atoms with E-state index in [2.05, 4.69) is 10.6 Å². The molecule has 0 radical (unpaired) electrons. The van der Waals surface area contributed by atoms with Gasteiger partial charge in [-0.05, 0) is 31.6 Å². The van der Waals surface area contributed by atoms with E-state index in [0.717, 1.165) is 0 Å². The van der Waals surface area contributed by atoms with Crippen molar-refractivity contribution in [1.29, 1.82) is 0 Å². The van der Waals surface area contributed by atoms with Gasteiger partial charge in [-0.15, -0.1) is 0 Å². The second kappa shape index (κ2) is 12.7.